The maximum absolute atomic E-state index is 12.1. The third-order valence-electron chi connectivity index (χ3n) is 2.81. The van der Waals surface area contributed by atoms with Gasteiger partial charge in [0.05, 0.1) is 16.5 Å². The summed E-state index contributed by atoms with van der Waals surface area (Å²) in [6.45, 7) is 0.261. The van der Waals surface area contributed by atoms with E-state index in [1.54, 1.807) is 0 Å². The summed E-state index contributed by atoms with van der Waals surface area (Å²) in [6, 6.07) is 4.50. The van der Waals surface area contributed by atoms with Crippen molar-refractivity contribution in [2.45, 2.75) is 12.6 Å². The Bertz CT molecular complexity index is 600. The highest BCUT2D eigenvalue weighted by atomic mass is 127. The Morgan fingerprint density at radius 1 is 1.08 bits per heavy atom. The van der Waals surface area contributed by atoms with Crippen molar-refractivity contribution in [2.24, 2.45) is 4.99 Å². The monoisotopic (exact) mass is 512 g/mol. The van der Waals surface area contributed by atoms with E-state index in [0.717, 1.165) is 0 Å². The summed E-state index contributed by atoms with van der Waals surface area (Å²) in [4.78, 5) is 15.7. The number of guanidine groups is 1. The van der Waals surface area contributed by atoms with Crippen LogP contribution >= 0.6 is 47.2 Å². The van der Waals surface area contributed by atoms with Gasteiger partial charge in [0.2, 0.25) is 0 Å². The minimum Gasteiger partial charge on any atom is -0.356 e. The molecule has 3 N–H and O–H groups in total. The van der Waals surface area contributed by atoms with E-state index in [1.807, 2.05) is 0 Å². The average Bonchev–Trinajstić information content (AvgIpc) is 2.50. The fourth-order valence-corrected chi connectivity index (χ4v) is 1.94. The standard InChI is InChI=1S/C14H17Cl2F3N4O.HI/c1-20-13(22-5-4-14(17,18)19)23-7-6-21-12(24)9-2-3-10(15)11(16)8-9;/h2-3,8H,4-7H2,1H3,(H,21,24)(H2,20,22,23);1H. The molecule has 142 valence electrons. The average molecular weight is 513 g/mol. The van der Waals surface area contributed by atoms with Gasteiger partial charge in [0.25, 0.3) is 5.91 Å². The number of nitrogens with one attached hydrogen (secondary N) is 3. The van der Waals surface area contributed by atoms with Gasteiger partial charge in [0, 0.05) is 32.2 Å². The van der Waals surface area contributed by atoms with Crippen LogP contribution in [-0.4, -0.2) is 44.7 Å². The van der Waals surface area contributed by atoms with E-state index < -0.39 is 12.6 Å². The highest BCUT2D eigenvalue weighted by Crippen LogP contribution is 2.22. The molecule has 0 saturated heterocycles. The molecule has 0 aliphatic heterocycles. The largest absolute Gasteiger partial charge is 0.390 e. The summed E-state index contributed by atoms with van der Waals surface area (Å²) >= 11 is 11.6. The number of nitrogens with zero attached hydrogens (tertiary/aromatic N) is 1. The van der Waals surface area contributed by atoms with Crippen molar-refractivity contribution in [3.05, 3.63) is 33.8 Å². The summed E-state index contributed by atoms with van der Waals surface area (Å²) in [7, 11) is 1.44. The van der Waals surface area contributed by atoms with E-state index in [2.05, 4.69) is 20.9 Å². The topological polar surface area (TPSA) is 65.5 Å². The molecule has 11 heteroatoms. The molecular formula is C14H18Cl2F3IN4O. The Kier molecular flexibility index (Phi) is 11.2. The number of hydrogen-bond donors (Lipinski definition) is 3. The first-order valence-corrected chi connectivity index (χ1v) is 7.73. The highest BCUT2D eigenvalue weighted by Gasteiger charge is 2.26. The smallest absolute Gasteiger partial charge is 0.356 e. The van der Waals surface area contributed by atoms with Crippen LogP contribution in [0.1, 0.15) is 16.8 Å². The van der Waals surface area contributed by atoms with Gasteiger partial charge in [-0.3, -0.25) is 9.79 Å². The Labute approximate surface area is 170 Å². The molecule has 25 heavy (non-hydrogen) atoms. The molecule has 0 atom stereocenters. The van der Waals surface area contributed by atoms with Gasteiger partial charge in [-0.25, -0.2) is 0 Å². The lowest BCUT2D eigenvalue weighted by Crippen LogP contribution is -2.42. The quantitative estimate of drug-likeness (QED) is 0.237. The van der Waals surface area contributed by atoms with Gasteiger partial charge in [-0.05, 0) is 18.2 Å². The van der Waals surface area contributed by atoms with Crippen LogP contribution in [0.5, 0.6) is 0 Å². The van der Waals surface area contributed by atoms with E-state index in [4.69, 9.17) is 23.2 Å². The van der Waals surface area contributed by atoms with Gasteiger partial charge in [-0.1, -0.05) is 23.2 Å². The molecular weight excluding hydrogens is 495 g/mol. The zero-order chi connectivity index (χ0) is 18.2. The van der Waals surface area contributed by atoms with E-state index in [0.29, 0.717) is 17.1 Å². The predicted molar refractivity (Wildman–Crippen MR) is 104 cm³/mol. The second-order valence-corrected chi connectivity index (χ2v) is 5.49. The zero-order valence-corrected chi connectivity index (χ0v) is 17.1. The fourth-order valence-electron chi connectivity index (χ4n) is 1.64. The van der Waals surface area contributed by atoms with Gasteiger partial charge < -0.3 is 16.0 Å². The summed E-state index contributed by atoms with van der Waals surface area (Å²) in [5.41, 5.74) is 0.358. The number of carbonyl (C=O) groups excluding carboxylic acids is 1. The molecule has 0 unspecified atom stereocenters. The van der Waals surface area contributed by atoms with Gasteiger partial charge in [0.1, 0.15) is 0 Å². The number of halogens is 6. The lowest BCUT2D eigenvalue weighted by atomic mass is 10.2. The fraction of sp³-hybridized carbons (Fsp3) is 0.429. The van der Waals surface area contributed by atoms with Gasteiger partial charge in [-0.15, -0.1) is 24.0 Å². The Balaban J connectivity index is 0.00000576. The van der Waals surface area contributed by atoms with Crippen molar-refractivity contribution in [3.63, 3.8) is 0 Å². The minimum absolute atomic E-state index is 0. The van der Waals surface area contributed by atoms with Crippen molar-refractivity contribution >= 4 is 59.0 Å². The molecule has 1 rings (SSSR count). The third kappa shape index (κ3) is 9.95. The number of carbonyl (C=O) groups is 1. The van der Waals surface area contributed by atoms with Gasteiger partial charge in [-0.2, -0.15) is 13.2 Å². The lowest BCUT2D eigenvalue weighted by Gasteiger charge is -2.13. The van der Waals surface area contributed by atoms with E-state index in [-0.39, 0.29) is 54.0 Å². The van der Waals surface area contributed by atoms with Gasteiger partial charge >= 0.3 is 6.18 Å². The number of amides is 1. The molecule has 1 amide bonds. The minimum atomic E-state index is -4.22. The molecule has 0 heterocycles. The van der Waals surface area contributed by atoms with Crippen LogP contribution in [0.25, 0.3) is 0 Å². The Morgan fingerprint density at radius 2 is 1.68 bits per heavy atom. The molecule has 0 fully saturated rings. The van der Waals surface area contributed by atoms with E-state index >= 15 is 0 Å². The summed E-state index contributed by atoms with van der Waals surface area (Å²) in [5.74, 6) is -0.113. The summed E-state index contributed by atoms with van der Waals surface area (Å²) in [5, 5.41) is 8.59. The maximum Gasteiger partial charge on any atom is 0.390 e. The Morgan fingerprint density at radius 3 is 2.24 bits per heavy atom. The van der Waals surface area contributed by atoms with E-state index in [9.17, 15) is 18.0 Å². The first-order valence-electron chi connectivity index (χ1n) is 6.97. The number of benzene rings is 1. The number of alkyl halides is 3. The van der Waals surface area contributed by atoms with Crippen LogP contribution in [0.2, 0.25) is 10.0 Å². The molecule has 1 aromatic rings. The molecule has 5 nitrogen and oxygen atoms in total. The second-order valence-electron chi connectivity index (χ2n) is 4.68. The third-order valence-corrected chi connectivity index (χ3v) is 3.55. The van der Waals surface area contributed by atoms with Crippen LogP contribution < -0.4 is 16.0 Å². The van der Waals surface area contributed by atoms with Crippen molar-refractivity contribution in [3.8, 4) is 0 Å². The first-order chi connectivity index (χ1) is 11.2. The summed E-state index contributed by atoms with van der Waals surface area (Å²) < 4.78 is 36.2. The second kappa shape index (κ2) is 11.6. The molecule has 0 bridgehead atoms. The number of aliphatic imine (C=N–C) groups is 1. The lowest BCUT2D eigenvalue weighted by molar-refractivity contribution is -0.132. The van der Waals surface area contributed by atoms with Crippen molar-refractivity contribution < 1.29 is 18.0 Å². The molecule has 0 aliphatic carbocycles. The number of rotatable bonds is 6. The van der Waals surface area contributed by atoms with Crippen LogP contribution in [0, 0.1) is 0 Å². The van der Waals surface area contributed by atoms with Crippen LogP contribution in [0.4, 0.5) is 13.2 Å². The molecule has 0 saturated carbocycles. The van der Waals surface area contributed by atoms with Gasteiger partial charge in [0.15, 0.2) is 5.96 Å². The molecule has 1 aromatic carbocycles. The van der Waals surface area contributed by atoms with Crippen molar-refractivity contribution in [1.29, 1.82) is 0 Å². The molecule has 0 spiro atoms. The predicted octanol–water partition coefficient (Wildman–Crippen LogP) is 3.46. The highest BCUT2D eigenvalue weighted by molar-refractivity contribution is 14.0. The molecule has 0 aromatic heterocycles. The van der Waals surface area contributed by atoms with Crippen LogP contribution in [0.3, 0.4) is 0 Å². The van der Waals surface area contributed by atoms with E-state index in [1.165, 1.54) is 25.2 Å². The zero-order valence-electron chi connectivity index (χ0n) is 13.2. The van der Waals surface area contributed by atoms with Crippen LogP contribution in [0.15, 0.2) is 23.2 Å². The van der Waals surface area contributed by atoms with Crippen molar-refractivity contribution in [2.75, 3.05) is 26.7 Å². The molecule has 0 aliphatic rings. The van der Waals surface area contributed by atoms with Crippen LogP contribution in [-0.2, 0) is 0 Å². The SMILES string of the molecule is CN=C(NCCNC(=O)c1ccc(Cl)c(Cl)c1)NCCC(F)(F)F.I. The first kappa shape index (κ1) is 24.1. The van der Waals surface area contributed by atoms with Crippen molar-refractivity contribution in [1.82, 2.24) is 16.0 Å². The maximum atomic E-state index is 12.1. The Hall–Kier alpha value is -0.940. The molecule has 0 radical (unpaired) electrons. The normalized spacial score (nSPS) is 11.5. The number of hydrogen-bond acceptors (Lipinski definition) is 2. The summed E-state index contributed by atoms with van der Waals surface area (Å²) in [6.07, 6.45) is -5.18.